The fourth-order valence-electron chi connectivity index (χ4n) is 6.65. The lowest BCUT2D eigenvalue weighted by atomic mass is 9.76. The van der Waals surface area contributed by atoms with Crippen LogP contribution in [0, 0.1) is 24.6 Å². The molecular weight excluding hydrogens is 561 g/mol. The number of carboxylic acid groups (broad SMARTS) is 1. The van der Waals surface area contributed by atoms with Gasteiger partial charge in [-0.1, -0.05) is 49.8 Å². The van der Waals surface area contributed by atoms with E-state index < -0.39 is 17.8 Å². The van der Waals surface area contributed by atoms with Crippen molar-refractivity contribution in [3.63, 3.8) is 0 Å². The molecule has 1 aliphatic carbocycles. The summed E-state index contributed by atoms with van der Waals surface area (Å²) in [5.41, 5.74) is 2.12. The van der Waals surface area contributed by atoms with Crippen molar-refractivity contribution in [1.29, 1.82) is 0 Å². The van der Waals surface area contributed by atoms with Crippen molar-refractivity contribution in [3.8, 4) is 5.69 Å². The number of carbonyl (C=O) groups is 3. The number of fused-ring (bicyclic) bond motifs is 1. The van der Waals surface area contributed by atoms with Crippen LogP contribution in [-0.4, -0.2) is 55.1 Å². The van der Waals surface area contributed by atoms with Gasteiger partial charge in [0.05, 0.1) is 22.5 Å². The number of nitrogens with zero attached hydrogens (tertiary/aromatic N) is 3. The third-order valence-corrected chi connectivity index (χ3v) is 9.04. The molecule has 11 heteroatoms. The summed E-state index contributed by atoms with van der Waals surface area (Å²) in [6.07, 6.45) is 7.57. The zero-order valence-electron chi connectivity index (χ0n) is 23.1. The molecule has 6 rings (SSSR count). The van der Waals surface area contributed by atoms with Crippen LogP contribution in [0.25, 0.3) is 16.6 Å². The van der Waals surface area contributed by atoms with E-state index in [9.17, 15) is 23.9 Å². The van der Waals surface area contributed by atoms with Crippen LogP contribution in [0.4, 0.5) is 10.1 Å². The van der Waals surface area contributed by atoms with Gasteiger partial charge in [0, 0.05) is 23.1 Å². The number of carbonyl (C=O) groups excluding carboxylic acids is 2. The molecule has 2 amide bonds. The predicted molar refractivity (Wildman–Crippen MR) is 157 cm³/mol. The number of hydrogen-bond acceptors (Lipinski definition) is 4. The van der Waals surface area contributed by atoms with Crippen molar-refractivity contribution in [1.82, 2.24) is 19.7 Å². The molecule has 2 aromatic carbocycles. The molecule has 2 aliphatic rings. The van der Waals surface area contributed by atoms with Crippen molar-refractivity contribution >= 4 is 46.0 Å². The Morgan fingerprint density at radius 1 is 1.10 bits per heavy atom. The van der Waals surface area contributed by atoms with Gasteiger partial charge in [0.25, 0.3) is 5.91 Å². The second-order valence-corrected chi connectivity index (χ2v) is 11.6. The van der Waals surface area contributed by atoms with Crippen molar-refractivity contribution in [2.45, 2.75) is 51.5 Å². The number of aromatic amines is 1. The highest BCUT2D eigenvalue weighted by molar-refractivity contribution is 6.30. The van der Waals surface area contributed by atoms with Gasteiger partial charge >= 0.3 is 5.97 Å². The maximum Gasteiger partial charge on any atom is 0.352 e. The fourth-order valence-corrected chi connectivity index (χ4v) is 6.82. The van der Waals surface area contributed by atoms with Crippen LogP contribution in [0.15, 0.2) is 48.7 Å². The molecule has 9 nitrogen and oxygen atoms in total. The highest BCUT2D eigenvalue weighted by atomic mass is 35.5. The maximum absolute atomic E-state index is 14.8. The Morgan fingerprint density at radius 3 is 2.64 bits per heavy atom. The SMILES string of the molecule is Cc1c(C(=O)N2CC[C@@H](C3CCCCC3)[C@H]2C(=O)Nc2ccc3[nH]c(C(=O)O)cc3c2)cnn1-c1cccc(Cl)c1F. The van der Waals surface area contributed by atoms with Gasteiger partial charge in [-0.15, -0.1) is 0 Å². The first-order valence-electron chi connectivity index (χ1n) is 14.2. The van der Waals surface area contributed by atoms with E-state index in [1.54, 1.807) is 42.2 Å². The number of amides is 2. The second-order valence-electron chi connectivity index (χ2n) is 11.2. The molecule has 0 unspecified atom stereocenters. The van der Waals surface area contributed by atoms with Crippen molar-refractivity contribution in [2.75, 3.05) is 11.9 Å². The molecule has 3 heterocycles. The molecule has 1 saturated heterocycles. The van der Waals surface area contributed by atoms with Crippen LogP contribution >= 0.6 is 11.6 Å². The Kier molecular flexibility index (Phi) is 7.49. The van der Waals surface area contributed by atoms with E-state index in [4.69, 9.17) is 11.6 Å². The normalized spacial score (nSPS) is 19.4. The van der Waals surface area contributed by atoms with E-state index in [1.165, 1.54) is 29.4 Å². The standard InChI is InChI=1S/C31H31ClFN5O4/c1-17-22(16-34-38(17)26-9-5-8-23(32)27(26)33)30(40)37-13-12-21(18-6-3-2-4-7-18)28(37)29(39)35-20-10-11-24-19(14-20)15-25(36-24)31(41)42/h5,8-11,14-16,18,21,28,36H,2-4,6-7,12-13H2,1H3,(H,35,39)(H,41,42)/t21-,28-/m0/s1. The molecule has 3 N–H and O–H groups in total. The summed E-state index contributed by atoms with van der Waals surface area (Å²) >= 11 is 5.98. The van der Waals surface area contributed by atoms with Crippen molar-refractivity contribution in [3.05, 3.63) is 76.5 Å². The molecule has 218 valence electrons. The summed E-state index contributed by atoms with van der Waals surface area (Å²) < 4.78 is 16.1. The average molecular weight is 592 g/mol. The first kappa shape index (κ1) is 28.0. The van der Waals surface area contributed by atoms with Gasteiger partial charge in [-0.3, -0.25) is 9.59 Å². The fraction of sp³-hybridized carbons (Fsp3) is 0.355. The molecule has 2 aromatic heterocycles. The highest BCUT2D eigenvalue weighted by Gasteiger charge is 2.46. The minimum absolute atomic E-state index is 0.00424. The second kappa shape index (κ2) is 11.2. The molecular formula is C31H31ClFN5O4. The Balaban J connectivity index is 1.30. The minimum Gasteiger partial charge on any atom is -0.477 e. The summed E-state index contributed by atoms with van der Waals surface area (Å²) in [7, 11) is 0. The molecule has 1 aliphatic heterocycles. The Labute approximate surface area is 246 Å². The van der Waals surface area contributed by atoms with E-state index in [0.717, 1.165) is 25.7 Å². The third-order valence-electron chi connectivity index (χ3n) is 8.75. The van der Waals surface area contributed by atoms with E-state index in [0.29, 0.717) is 46.7 Å². The summed E-state index contributed by atoms with van der Waals surface area (Å²) in [6, 6.07) is 10.6. The van der Waals surface area contributed by atoms with Gasteiger partial charge in [-0.05, 0) is 61.6 Å². The van der Waals surface area contributed by atoms with Crippen molar-refractivity contribution < 1.29 is 23.9 Å². The average Bonchev–Trinajstić information content (AvgIpc) is 3.71. The Morgan fingerprint density at radius 2 is 1.88 bits per heavy atom. The smallest absolute Gasteiger partial charge is 0.352 e. The first-order valence-corrected chi connectivity index (χ1v) is 14.6. The number of rotatable bonds is 6. The third kappa shape index (κ3) is 5.04. The number of nitrogens with one attached hydrogen (secondary N) is 2. The number of likely N-dealkylation sites (tertiary alicyclic amines) is 1. The molecule has 2 atom stereocenters. The van der Waals surface area contributed by atoms with Crippen LogP contribution in [0.5, 0.6) is 0 Å². The lowest BCUT2D eigenvalue weighted by Crippen LogP contribution is -2.47. The lowest BCUT2D eigenvalue weighted by molar-refractivity contribution is -0.121. The monoisotopic (exact) mass is 591 g/mol. The van der Waals surface area contributed by atoms with Gasteiger partial charge in [0.2, 0.25) is 5.91 Å². The predicted octanol–water partition coefficient (Wildman–Crippen LogP) is 6.20. The van der Waals surface area contributed by atoms with E-state index in [1.807, 2.05) is 0 Å². The van der Waals surface area contributed by atoms with Crippen molar-refractivity contribution in [2.24, 2.45) is 11.8 Å². The number of anilines is 1. The molecule has 1 saturated carbocycles. The highest BCUT2D eigenvalue weighted by Crippen LogP contribution is 2.40. The first-order chi connectivity index (χ1) is 20.2. The molecule has 0 bridgehead atoms. The number of benzene rings is 2. The van der Waals surface area contributed by atoms with E-state index in [-0.39, 0.29) is 34.1 Å². The van der Waals surface area contributed by atoms with Crippen LogP contribution < -0.4 is 5.32 Å². The minimum atomic E-state index is -1.07. The van der Waals surface area contributed by atoms with Crippen LogP contribution in [-0.2, 0) is 4.79 Å². The number of halogens is 2. The maximum atomic E-state index is 14.8. The van der Waals surface area contributed by atoms with Gasteiger partial charge in [-0.25, -0.2) is 13.9 Å². The number of aromatic nitrogens is 3. The van der Waals surface area contributed by atoms with Gasteiger partial charge in [-0.2, -0.15) is 5.10 Å². The topological polar surface area (TPSA) is 120 Å². The summed E-state index contributed by atoms with van der Waals surface area (Å²) in [5, 5.41) is 17.2. The number of aromatic carboxylic acids is 1. The van der Waals surface area contributed by atoms with Gasteiger partial charge in [0.15, 0.2) is 5.82 Å². The Bertz CT molecular complexity index is 1690. The molecule has 0 radical (unpaired) electrons. The Hall–Kier alpha value is -4.18. The molecule has 4 aromatic rings. The quantitative estimate of drug-likeness (QED) is 0.246. The van der Waals surface area contributed by atoms with Crippen LogP contribution in [0.2, 0.25) is 5.02 Å². The zero-order valence-corrected chi connectivity index (χ0v) is 23.8. The van der Waals surface area contributed by atoms with E-state index >= 15 is 0 Å². The number of hydrogen-bond donors (Lipinski definition) is 3. The number of carboxylic acids is 1. The summed E-state index contributed by atoms with van der Waals surface area (Å²) in [5.74, 6) is -1.96. The van der Waals surface area contributed by atoms with Gasteiger partial charge in [0.1, 0.15) is 17.4 Å². The molecule has 2 fully saturated rings. The molecule has 0 spiro atoms. The molecule has 42 heavy (non-hydrogen) atoms. The van der Waals surface area contributed by atoms with Crippen LogP contribution in [0.3, 0.4) is 0 Å². The largest absolute Gasteiger partial charge is 0.477 e. The summed E-state index contributed by atoms with van der Waals surface area (Å²) in [4.78, 5) is 43.8. The van der Waals surface area contributed by atoms with Gasteiger partial charge < -0.3 is 20.3 Å². The number of H-pyrrole nitrogens is 1. The summed E-state index contributed by atoms with van der Waals surface area (Å²) in [6.45, 7) is 2.12. The van der Waals surface area contributed by atoms with E-state index in [2.05, 4.69) is 15.4 Å². The zero-order chi connectivity index (χ0) is 29.5. The lowest BCUT2D eigenvalue weighted by Gasteiger charge is -2.33. The van der Waals surface area contributed by atoms with Crippen LogP contribution in [0.1, 0.15) is 65.1 Å².